The van der Waals surface area contributed by atoms with Crippen molar-refractivity contribution in [1.29, 1.82) is 0 Å². The van der Waals surface area contributed by atoms with E-state index < -0.39 is 0 Å². The smallest absolute Gasteiger partial charge is 0.0346 e. The van der Waals surface area contributed by atoms with Gasteiger partial charge in [0, 0.05) is 19.1 Å². The van der Waals surface area contributed by atoms with Gasteiger partial charge in [-0.15, -0.1) is 0 Å². The van der Waals surface area contributed by atoms with Gasteiger partial charge in [0.15, 0.2) is 0 Å². The second kappa shape index (κ2) is 3.62. The highest BCUT2D eigenvalue weighted by Gasteiger charge is 2.14. The van der Waals surface area contributed by atoms with Crippen molar-refractivity contribution in [2.24, 2.45) is 0 Å². The second-order valence-electron chi connectivity index (χ2n) is 3.23. The van der Waals surface area contributed by atoms with Crippen molar-refractivity contribution in [1.82, 2.24) is 10.2 Å². The third kappa shape index (κ3) is 3.51. The van der Waals surface area contributed by atoms with E-state index in [1.807, 2.05) is 20.3 Å². The second-order valence-corrected chi connectivity index (χ2v) is 3.23. The van der Waals surface area contributed by atoms with Crippen LogP contribution >= 0.6 is 0 Å². The number of rotatable bonds is 4. The lowest BCUT2D eigenvalue weighted by molar-refractivity contribution is 0.305. The van der Waals surface area contributed by atoms with Crippen LogP contribution in [0, 0.1) is 0 Å². The molecule has 0 radical (unpaired) electrons. The molecule has 0 aromatic rings. The summed E-state index contributed by atoms with van der Waals surface area (Å²) in [5, 5.41) is 3.22. The molecule has 1 N–H and O–H groups in total. The molecule has 0 amide bonds. The Labute approximate surface area is 63.9 Å². The first-order chi connectivity index (χ1) is 4.52. The summed E-state index contributed by atoms with van der Waals surface area (Å²) >= 11 is 0. The van der Waals surface area contributed by atoms with Crippen LogP contribution in [0.5, 0.6) is 0 Å². The molecule has 0 heterocycles. The van der Waals surface area contributed by atoms with Crippen molar-refractivity contribution in [3.63, 3.8) is 0 Å². The first-order valence-corrected chi connectivity index (χ1v) is 3.53. The third-order valence-corrected chi connectivity index (χ3v) is 1.63. The molecule has 2 heteroatoms. The summed E-state index contributed by atoms with van der Waals surface area (Å²) in [6.07, 6.45) is 1.83. The number of nitrogens with one attached hydrogen (secondary N) is 1. The minimum Gasteiger partial charge on any atom is -0.379 e. The molecule has 0 saturated heterocycles. The molecule has 0 aromatic heterocycles. The Morgan fingerprint density at radius 3 is 2.40 bits per heavy atom. The zero-order valence-corrected chi connectivity index (χ0v) is 7.44. The Morgan fingerprint density at radius 2 is 2.10 bits per heavy atom. The fourth-order valence-corrected chi connectivity index (χ4v) is 0.767. The van der Waals surface area contributed by atoms with E-state index in [0.717, 1.165) is 6.54 Å². The van der Waals surface area contributed by atoms with Crippen LogP contribution < -0.4 is 5.32 Å². The maximum absolute atomic E-state index is 3.68. The van der Waals surface area contributed by atoms with Crippen molar-refractivity contribution >= 4 is 0 Å². The van der Waals surface area contributed by atoms with Crippen LogP contribution in [0.15, 0.2) is 12.8 Å². The van der Waals surface area contributed by atoms with Gasteiger partial charge >= 0.3 is 0 Å². The molecule has 60 valence electrons. The molecule has 0 aliphatic rings. The molecule has 0 saturated carbocycles. The van der Waals surface area contributed by atoms with Crippen LogP contribution in [0.1, 0.15) is 13.8 Å². The summed E-state index contributed by atoms with van der Waals surface area (Å²) in [4.78, 5) is 2.07. The molecule has 10 heavy (non-hydrogen) atoms. The fourth-order valence-electron chi connectivity index (χ4n) is 0.767. The van der Waals surface area contributed by atoms with Crippen LogP contribution in [0.2, 0.25) is 0 Å². The summed E-state index contributed by atoms with van der Waals surface area (Å²) in [5.41, 5.74) is 0.170. The van der Waals surface area contributed by atoms with Crippen molar-refractivity contribution in [2.45, 2.75) is 19.4 Å². The van der Waals surface area contributed by atoms with Crippen LogP contribution in [0.4, 0.5) is 0 Å². The summed E-state index contributed by atoms with van der Waals surface area (Å²) in [6, 6.07) is 0. The predicted octanol–water partition coefficient (Wildman–Crippen LogP) is 1.06. The quantitative estimate of drug-likeness (QED) is 0.631. The molecule has 0 atom stereocenters. The van der Waals surface area contributed by atoms with E-state index in [-0.39, 0.29) is 5.54 Å². The monoisotopic (exact) mass is 142 g/mol. The Bertz CT molecular complexity index is 108. The minimum absolute atomic E-state index is 0.170. The highest BCUT2D eigenvalue weighted by molar-refractivity contribution is 4.82. The molecule has 0 aliphatic heterocycles. The van der Waals surface area contributed by atoms with E-state index >= 15 is 0 Å². The standard InChI is InChI=1S/C8H18N2/c1-6-10(5)7-8(2,3)9-4/h6,9H,1,7H2,2-5H3. The van der Waals surface area contributed by atoms with Crippen molar-refractivity contribution in [3.05, 3.63) is 12.8 Å². The van der Waals surface area contributed by atoms with Gasteiger partial charge in [-0.2, -0.15) is 0 Å². The lowest BCUT2D eigenvalue weighted by Crippen LogP contribution is -2.44. The predicted molar refractivity (Wildman–Crippen MR) is 46.0 cm³/mol. The lowest BCUT2D eigenvalue weighted by Gasteiger charge is -2.28. The Balaban J connectivity index is 3.75. The molecule has 0 bridgehead atoms. The molecule has 2 nitrogen and oxygen atoms in total. The largest absolute Gasteiger partial charge is 0.379 e. The Kier molecular flexibility index (Phi) is 3.43. The van der Waals surface area contributed by atoms with Gasteiger partial charge in [-0.05, 0) is 27.1 Å². The molecule has 0 rings (SSSR count). The minimum atomic E-state index is 0.170. The third-order valence-electron chi connectivity index (χ3n) is 1.63. The number of likely N-dealkylation sites (N-methyl/N-ethyl adjacent to an activating group) is 2. The van der Waals surface area contributed by atoms with E-state index in [1.165, 1.54) is 0 Å². The Morgan fingerprint density at radius 1 is 1.60 bits per heavy atom. The summed E-state index contributed by atoms with van der Waals surface area (Å²) in [7, 11) is 3.99. The topological polar surface area (TPSA) is 15.3 Å². The van der Waals surface area contributed by atoms with Crippen molar-refractivity contribution < 1.29 is 0 Å². The zero-order valence-electron chi connectivity index (χ0n) is 7.44. The van der Waals surface area contributed by atoms with Gasteiger partial charge in [0.25, 0.3) is 0 Å². The summed E-state index contributed by atoms with van der Waals surface area (Å²) in [5.74, 6) is 0. The molecule has 0 unspecified atom stereocenters. The van der Waals surface area contributed by atoms with Crippen LogP contribution in [0.25, 0.3) is 0 Å². The molecule has 0 fully saturated rings. The van der Waals surface area contributed by atoms with Crippen LogP contribution in [-0.4, -0.2) is 31.1 Å². The molecule has 0 aliphatic carbocycles. The SMILES string of the molecule is C=CN(C)CC(C)(C)NC. The van der Waals surface area contributed by atoms with Gasteiger partial charge in [0.1, 0.15) is 0 Å². The zero-order chi connectivity index (χ0) is 8.20. The maximum Gasteiger partial charge on any atom is 0.0346 e. The van der Waals surface area contributed by atoms with E-state index in [2.05, 4.69) is 30.6 Å². The average Bonchev–Trinajstić information content (AvgIpc) is 1.87. The van der Waals surface area contributed by atoms with Gasteiger partial charge in [-0.3, -0.25) is 0 Å². The maximum atomic E-state index is 3.68. The van der Waals surface area contributed by atoms with Gasteiger partial charge in [-0.1, -0.05) is 6.58 Å². The first-order valence-electron chi connectivity index (χ1n) is 3.53. The first kappa shape index (κ1) is 9.50. The summed E-state index contributed by atoms with van der Waals surface area (Å²) in [6.45, 7) is 8.98. The number of hydrogen-bond donors (Lipinski definition) is 1. The number of hydrogen-bond acceptors (Lipinski definition) is 2. The molecular weight excluding hydrogens is 124 g/mol. The Hall–Kier alpha value is -0.500. The molecule has 0 spiro atoms. The van der Waals surface area contributed by atoms with E-state index in [9.17, 15) is 0 Å². The average molecular weight is 142 g/mol. The van der Waals surface area contributed by atoms with Gasteiger partial charge in [-0.25, -0.2) is 0 Å². The van der Waals surface area contributed by atoms with Gasteiger partial charge in [0.2, 0.25) is 0 Å². The van der Waals surface area contributed by atoms with Crippen molar-refractivity contribution in [2.75, 3.05) is 20.6 Å². The van der Waals surface area contributed by atoms with Crippen LogP contribution in [-0.2, 0) is 0 Å². The van der Waals surface area contributed by atoms with E-state index in [0.29, 0.717) is 0 Å². The van der Waals surface area contributed by atoms with E-state index in [4.69, 9.17) is 0 Å². The van der Waals surface area contributed by atoms with Crippen LogP contribution in [0.3, 0.4) is 0 Å². The highest BCUT2D eigenvalue weighted by atomic mass is 15.1. The number of nitrogens with zero attached hydrogens (tertiary/aromatic N) is 1. The fraction of sp³-hybridized carbons (Fsp3) is 0.750. The highest BCUT2D eigenvalue weighted by Crippen LogP contribution is 2.02. The summed E-state index contributed by atoms with van der Waals surface area (Å²) < 4.78 is 0. The molecular formula is C8H18N2. The van der Waals surface area contributed by atoms with E-state index in [1.54, 1.807) is 0 Å². The lowest BCUT2D eigenvalue weighted by atomic mass is 10.1. The molecule has 0 aromatic carbocycles. The van der Waals surface area contributed by atoms with Gasteiger partial charge < -0.3 is 10.2 Å². The van der Waals surface area contributed by atoms with Gasteiger partial charge in [0.05, 0.1) is 0 Å². The van der Waals surface area contributed by atoms with Crippen molar-refractivity contribution in [3.8, 4) is 0 Å². The normalized spacial score (nSPS) is 11.2.